The minimum absolute atomic E-state index is 0.0602. The third-order valence-corrected chi connectivity index (χ3v) is 1.87. The first-order valence-corrected chi connectivity index (χ1v) is 3.75. The Morgan fingerprint density at radius 3 is 2.46 bits per heavy atom. The zero-order valence-electron chi connectivity index (χ0n) is 6.97. The molecule has 0 spiro atoms. The first kappa shape index (κ1) is 10.1. The van der Waals surface area contributed by atoms with Gasteiger partial charge in [0.15, 0.2) is 0 Å². The highest BCUT2D eigenvalue weighted by Crippen LogP contribution is 2.24. The first-order valence-electron chi connectivity index (χ1n) is 3.75. The van der Waals surface area contributed by atoms with Gasteiger partial charge < -0.3 is 5.11 Å². The average Bonchev–Trinajstić information content (AvgIpc) is 2.08. The van der Waals surface area contributed by atoms with Gasteiger partial charge in [-0.05, 0) is 24.1 Å². The summed E-state index contributed by atoms with van der Waals surface area (Å²) in [4.78, 5) is 0. The quantitative estimate of drug-likeness (QED) is 0.759. The molecular weight excluding hydrogens is 181 g/mol. The van der Waals surface area contributed by atoms with Crippen molar-refractivity contribution in [1.82, 2.24) is 0 Å². The zero-order valence-corrected chi connectivity index (χ0v) is 6.97. The van der Waals surface area contributed by atoms with E-state index in [2.05, 4.69) is 0 Å². The lowest BCUT2D eigenvalue weighted by Crippen LogP contribution is -2.10. The van der Waals surface area contributed by atoms with Gasteiger partial charge in [-0.25, -0.2) is 13.2 Å². The molecule has 72 valence electrons. The van der Waals surface area contributed by atoms with Crippen molar-refractivity contribution in [2.24, 2.45) is 0 Å². The van der Waals surface area contributed by atoms with Crippen molar-refractivity contribution in [2.75, 3.05) is 0 Å². The monoisotopic (exact) mass is 190 g/mol. The van der Waals surface area contributed by atoms with Gasteiger partial charge in [-0.15, -0.1) is 0 Å². The van der Waals surface area contributed by atoms with Gasteiger partial charge in [-0.1, -0.05) is 12.1 Å². The van der Waals surface area contributed by atoms with Crippen LogP contribution in [0.3, 0.4) is 0 Å². The Hall–Kier alpha value is -1.03. The van der Waals surface area contributed by atoms with Crippen molar-refractivity contribution in [1.29, 1.82) is 0 Å². The van der Waals surface area contributed by atoms with Gasteiger partial charge in [-0.2, -0.15) is 0 Å². The molecule has 0 bridgehead atoms. The van der Waals surface area contributed by atoms with Gasteiger partial charge in [0, 0.05) is 0 Å². The van der Waals surface area contributed by atoms with Gasteiger partial charge in [0.05, 0.1) is 0 Å². The Kier molecular flexibility index (Phi) is 2.93. The molecule has 0 heterocycles. The van der Waals surface area contributed by atoms with Crippen LogP contribution in [0.2, 0.25) is 0 Å². The van der Waals surface area contributed by atoms with Crippen LogP contribution in [0.25, 0.3) is 0 Å². The van der Waals surface area contributed by atoms with E-state index in [1.807, 2.05) is 0 Å². The van der Waals surface area contributed by atoms with Gasteiger partial charge >= 0.3 is 0 Å². The van der Waals surface area contributed by atoms with Crippen molar-refractivity contribution >= 4 is 0 Å². The fourth-order valence-electron chi connectivity index (χ4n) is 1.08. The Balaban J connectivity index is 3.07. The van der Waals surface area contributed by atoms with Crippen LogP contribution in [-0.4, -0.2) is 11.5 Å². The number of halogens is 3. The molecule has 0 saturated heterocycles. The molecule has 0 saturated carbocycles. The summed E-state index contributed by atoms with van der Waals surface area (Å²) in [6.45, 7) is 1.36. The minimum atomic E-state index is -2.89. The zero-order chi connectivity index (χ0) is 10.0. The van der Waals surface area contributed by atoms with Crippen molar-refractivity contribution in [2.45, 2.75) is 19.5 Å². The highest BCUT2D eigenvalue weighted by atomic mass is 19.3. The summed E-state index contributed by atoms with van der Waals surface area (Å²) in [5, 5.41) is 8.99. The van der Waals surface area contributed by atoms with E-state index in [1.54, 1.807) is 0 Å². The predicted octanol–water partition coefficient (Wildman–Crippen LogP) is 2.43. The van der Waals surface area contributed by atoms with Crippen LogP contribution in [0.1, 0.15) is 17.2 Å². The minimum Gasteiger partial charge on any atom is -0.382 e. The molecule has 1 atom stereocenters. The molecule has 0 aromatic heterocycles. The number of benzene rings is 1. The normalized spacial score (nSPS) is 13.4. The van der Waals surface area contributed by atoms with E-state index < -0.39 is 18.3 Å². The molecule has 1 unspecified atom stereocenters. The third kappa shape index (κ3) is 2.01. The van der Waals surface area contributed by atoms with E-state index in [0.29, 0.717) is 0 Å². The summed E-state index contributed by atoms with van der Waals surface area (Å²) in [5.74, 6) is -0.586. The van der Waals surface area contributed by atoms with Gasteiger partial charge in [0.1, 0.15) is 11.9 Å². The maximum Gasteiger partial charge on any atom is 0.268 e. The standard InChI is InChI=1S/C9H9F3O/c1-5-6(8(13)9(11)12)3-2-4-7(5)10/h2-4,8-9,13H,1H3. The Morgan fingerprint density at radius 1 is 1.31 bits per heavy atom. The highest BCUT2D eigenvalue weighted by molar-refractivity contribution is 5.29. The lowest BCUT2D eigenvalue weighted by molar-refractivity contribution is -0.00629. The number of aliphatic hydroxyl groups is 1. The molecule has 4 heteroatoms. The van der Waals surface area contributed by atoms with Crippen LogP contribution in [0.5, 0.6) is 0 Å². The number of rotatable bonds is 2. The van der Waals surface area contributed by atoms with Crippen molar-refractivity contribution in [3.63, 3.8) is 0 Å². The molecule has 1 N–H and O–H groups in total. The molecule has 0 aliphatic rings. The largest absolute Gasteiger partial charge is 0.382 e. The lowest BCUT2D eigenvalue weighted by Gasteiger charge is -2.12. The molecule has 1 aromatic rings. The van der Waals surface area contributed by atoms with Crippen LogP contribution in [-0.2, 0) is 0 Å². The fraction of sp³-hybridized carbons (Fsp3) is 0.333. The smallest absolute Gasteiger partial charge is 0.268 e. The average molecular weight is 190 g/mol. The topological polar surface area (TPSA) is 20.2 Å². The van der Waals surface area contributed by atoms with Crippen LogP contribution in [0, 0.1) is 12.7 Å². The maximum absolute atomic E-state index is 12.8. The van der Waals surface area contributed by atoms with E-state index in [4.69, 9.17) is 5.11 Å². The molecular formula is C9H9F3O. The Morgan fingerprint density at radius 2 is 1.92 bits per heavy atom. The second kappa shape index (κ2) is 3.79. The van der Waals surface area contributed by atoms with Crippen LogP contribution in [0.4, 0.5) is 13.2 Å². The van der Waals surface area contributed by atoms with Crippen molar-refractivity contribution in [3.8, 4) is 0 Å². The molecule has 0 radical (unpaired) electrons. The molecule has 1 nitrogen and oxygen atoms in total. The van der Waals surface area contributed by atoms with E-state index in [-0.39, 0.29) is 11.1 Å². The van der Waals surface area contributed by atoms with Crippen LogP contribution < -0.4 is 0 Å². The SMILES string of the molecule is Cc1c(F)cccc1C(O)C(F)F. The van der Waals surface area contributed by atoms with E-state index in [1.165, 1.54) is 19.1 Å². The third-order valence-electron chi connectivity index (χ3n) is 1.87. The molecule has 1 aromatic carbocycles. The van der Waals surface area contributed by atoms with Crippen molar-refractivity contribution < 1.29 is 18.3 Å². The summed E-state index contributed by atoms with van der Waals surface area (Å²) in [6.07, 6.45) is -4.80. The second-order valence-electron chi connectivity index (χ2n) is 2.73. The fourth-order valence-corrected chi connectivity index (χ4v) is 1.08. The molecule has 1 rings (SSSR count). The van der Waals surface area contributed by atoms with Gasteiger partial charge in [0.25, 0.3) is 6.43 Å². The lowest BCUT2D eigenvalue weighted by atomic mass is 10.0. The molecule has 0 aliphatic carbocycles. The van der Waals surface area contributed by atoms with Crippen LogP contribution in [0.15, 0.2) is 18.2 Å². The second-order valence-corrected chi connectivity index (χ2v) is 2.73. The first-order chi connectivity index (χ1) is 6.04. The summed E-state index contributed by atoms with van der Waals surface area (Å²) in [7, 11) is 0. The predicted molar refractivity (Wildman–Crippen MR) is 42.1 cm³/mol. The molecule has 0 fully saturated rings. The summed E-state index contributed by atoms with van der Waals surface area (Å²) < 4.78 is 37.0. The summed E-state index contributed by atoms with van der Waals surface area (Å²) in [5.41, 5.74) is 0.00491. The Bertz CT molecular complexity index is 299. The van der Waals surface area contributed by atoms with Crippen LogP contribution >= 0.6 is 0 Å². The number of alkyl halides is 2. The van der Waals surface area contributed by atoms with E-state index >= 15 is 0 Å². The summed E-state index contributed by atoms with van der Waals surface area (Å²) >= 11 is 0. The number of hydrogen-bond donors (Lipinski definition) is 1. The van der Waals surface area contributed by atoms with Gasteiger partial charge in [-0.3, -0.25) is 0 Å². The molecule has 0 aliphatic heterocycles. The van der Waals surface area contributed by atoms with E-state index in [9.17, 15) is 13.2 Å². The molecule has 0 amide bonds. The number of hydrogen-bond acceptors (Lipinski definition) is 1. The van der Waals surface area contributed by atoms with E-state index in [0.717, 1.165) is 6.07 Å². The highest BCUT2D eigenvalue weighted by Gasteiger charge is 2.21. The maximum atomic E-state index is 12.8. The Labute approximate surface area is 73.8 Å². The number of aliphatic hydroxyl groups excluding tert-OH is 1. The molecule has 13 heavy (non-hydrogen) atoms. The van der Waals surface area contributed by atoms with Crippen molar-refractivity contribution in [3.05, 3.63) is 35.1 Å². The summed E-state index contributed by atoms with van der Waals surface area (Å²) in [6, 6.07) is 3.75. The van der Waals surface area contributed by atoms with Gasteiger partial charge in [0.2, 0.25) is 0 Å².